The Morgan fingerprint density at radius 3 is 2.50 bits per heavy atom. The van der Waals surface area contributed by atoms with E-state index in [-0.39, 0.29) is 12.3 Å². The molecule has 0 aliphatic carbocycles. The number of benzene rings is 3. The molecule has 4 rings (SSSR count). The Kier molecular flexibility index (Phi) is 6.99. The van der Waals surface area contributed by atoms with Gasteiger partial charge in [0.15, 0.2) is 0 Å². The van der Waals surface area contributed by atoms with E-state index in [1.807, 2.05) is 61.5 Å². The number of hydrogen-bond donors (Lipinski definition) is 1. The predicted octanol–water partition coefficient (Wildman–Crippen LogP) is 6.76. The molecule has 1 heterocycles. The molecule has 0 aliphatic rings. The van der Waals surface area contributed by atoms with Crippen molar-refractivity contribution in [1.82, 2.24) is 9.99 Å². The van der Waals surface area contributed by atoms with Crippen molar-refractivity contribution in [2.45, 2.75) is 19.9 Å². The van der Waals surface area contributed by atoms with Crippen LogP contribution in [0.5, 0.6) is 0 Å². The van der Waals surface area contributed by atoms with Gasteiger partial charge >= 0.3 is 0 Å². The highest BCUT2D eigenvalue weighted by atomic mass is 79.9. The molecule has 7 heteroatoms. The summed E-state index contributed by atoms with van der Waals surface area (Å²) in [6.45, 7) is 2.69. The van der Waals surface area contributed by atoms with Crippen molar-refractivity contribution in [3.05, 3.63) is 104 Å². The number of amides is 1. The molecule has 1 N–H and O–H groups in total. The number of aromatic nitrogens is 1. The molecule has 0 saturated heterocycles. The van der Waals surface area contributed by atoms with Gasteiger partial charge < -0.3 is 4.57 Å². The van der Waals surface area contributed by atoms with Gasteiger partial charge in [0.25, 0.3) is 0 Å². The molecule has 1 aromatic heterocycles. The van der Waals surface area contributed by atoms with E-state index in [2.05, 4.69) is 43.2 Å². The van der Waals surface area contributed by atoms with Crippen LogP contribution in [0.15, 0.2) is 76.3 Å². The Bertz CT molecular complexity index is 1310. The maximum atomic E-state index is 12.3. The third kappa shape index (κ3) is 5.07. The molecule has 32 heavy (non-hydrogen) atoms. The first-order valence-corrected chi connectivity index (χ1v) is 11.6. The van der Waals surface area contributed by atoms with Gasteiger partial charge in [-0.25, -0.2) is 5.43 Å². The minimum absolute atomic E-state index is 0.166. The average molecular weight is 529 g/mol. The maximum absolute atomic E-state index is 12.3. The van der Waals surface area contributed by atoms with Gasteiger partial charge in [-0.1, -0.05) is 75.5 Å². The quantitative estimate of drug-likeness (QED) is 0.218. The van der Waals surface area contributed by atoms with E-state index >= 15 is 0 Å². The first-order valence-electron chi connectivity index (χ1n) is 10.0. The van der Waals surface area contributed by atoms with Crippen LogP contribution in [0.4, 0.5) is 0 Å². The van der Waals surface area contributed by atoms with Gasteiger partial charge in [-0.05, 0) is 48.4 Å². The lowest BCUT2D eigenvalue weighted by Gasteiger charge is -2.09. The third-order valence-electron chi connectivity index (χ3n) is 5.27. The van der Waals surface area contributed by atoms with E-state index in [0.717, 1.165) is 37.8 Å². The highest BCUT2D eigenvalue weighted by molar-refractivity contribution is 9.10. The Balaban J connectivity index is 1.56. The highest BCUT2D eigenvalue weighted by Crippen LogP contribution is 2.28. The van der Waals surface area contributed by atoms with Gasteiger partial charge in [-0.2, -0.15) is 5.10 Å². The minimum atomic E-state index is -0.166. The van der Waals surface area contributed by atoms with Crippen molar-refractivity contribution in [2.24, 2.45) is 5.10 Å². The second kappa shape index (κ2) is 9.90. The van der Waals surface area contributed by atoms with E-state index in [0.29, 0.717) is 16.6 Å². The Labute approximate surface area is 205 Å². The smallest absolute Gasteiger partial charge is 0.244 e. The molecule has 162 valence electrons. The summed E-state index contributed by atoms with van der Waals surface area (Å²) in [5.41, 5.74) is 7.70. The number of carbonyl (C=O) groups is 1. The zero-order chi connectivity index (χ0) is 22.7. The van der Waals surface area contributed by atoms with Crippen LogP contribution in [-0.2, 0) is 17.8 Å². The number of fused-ring (bicyclic) bond motifs is 1. The number of halogens is 3. The van der Waals surface area contributed by atoms with Gasteiger partial charge in [-0.15, -0.1) is 0 Å². The lowest BCUT2D eigenvalue weighted by Crippen LogP contribution is -2.19. The Morgan fingerprint density at radius 2 is 1.75 bits per heavy atom. The van der Waals surface area contributed by atoms with Crippen LogP contribution in [0.2, 0.25) is 10.0 Å². The molecule has 0 bridgehead atoms. The maximum Gasteiger partial charge on any atom is 0.244 e. The van der Waals surface area contributed by atoms with E-state index in [1.54, 1.807) is 6.21 Å². The first-order chi connectivity index (χ1) is 15.4. The molecule has 4 aromatic rings. The molecule has 4 nitrogen and oxygen atoms in total. The molecular formula is C25H20BrCl2N3O. The van der Waals surface area contributed by atoms with Gasteiger partial charge in [0, 0.05) is 33.2 Å². The van der Waals surface area contributed by atoms with Gasteiger partial charge in [0.1, 0.15) is 0 Å². The van der Waals surface area contributed by atoms with E-state index < -0.39 is 0 Å². The number of hydrogen-bond acceptors (Lipinski definition) is 2. The fraction of sp³-hybridized carbons (Fsp3) is 0.120. The summed E-state index contributed by atoms with van der Waals surface area (Å²) in [5, 5.41) is 6.37. The average Bonchev–Trinajstić information content (AvgIpc) is 3.04. The standard InChI is InChI=1S/C25H20BrCl2N3O/c1-16-21(14-29-30-25(32)13-17-6-9-19(26)10-7-17)20-4-2-3-5-24(20)31(16)15-18-8-11-22(27)23(28)12-18/h2-12,14H,13,15H2,1H3,(H,30,32)/b29-14+. The van der Waals surface area contributed by atoms with Crippen molar-refractivity contribution in [3.8, 4) is 0 Å². The van der Waals surface area contributed by atoms with E-state index in [9.17, 15) is 4.79 Å². The second-order valence-electron chi connectivity index (χ2n) is 7.45. The second-order valence-corrected chi connectivity index (χ2v) is 9.18. The van der Waals surface area contributed by atoms with Gasteiger partial charge in [0.05, 0.1) is 22.7 Å². The fourth-order valence-electron chi connectivity index (χ4n) is 3.64. The van der Waals surface area contributed by atoms with Crippen LogP contribution in [-0.4, -0.2) is 16.7 Å². The summed E-state index contributed by atoms with van der Waals surface area (Å²) in [6.07, 6.45) is 1.98. The van der Waals surface area contributed by atoms with Crippen LogP contribution in [0.1, 0.15) is 22.4 Å². The molecule has 0 aliphatic heterocycles. The molecule has 1 amide bonds. The summed E-state index contributed by atoms with van der Waals surface area (Å²) in [5.74, 6) is -0.166. The predicted molar refractivity (Wildman–Crippen MR) is 136 cm³/mol. The highest BCUT2D eigenvalue weighted by Gasteiger charge is 2.13. The molecule has 0 radical (unpaired) electrons. The van der Waals surface area contributed by atoms with Crippen LogP contribution < -0.4 is 5.43 Å². The summed E-state index contributed by atoms with van der Waals surface area (Å²) < 4.78 is 3.19. The van der Waals surface area contributed by atoms with E-state index in [1.165, 1.54) is 0 Å². The summed E-state index contributed by atoms with van der Waals surface area (Å²) >= 11 is 15.7. The monoisotopic (exact) mass is 527 g/mol. The van der Waals surface area contributed by atoms with Gasteiger partial charge in [-0.3, -0.25) is 4.79 Å². The lowest BCUT2D eigenvalue weighted by molar-refractivity contribution is -0.120. The zero-order valence-corrected chi connectivity index (χ0v) is 20.4. The summed E-state index contributed by atoms with van der Waals surface area (Å²) in [4.78, 5) is 12.3. The minimum Gasteiger partial charge on any atom is -0.340 e. The lowest BCUT2D eigenvalue weighted by atomic mass is 10.1. The molecule has 0 unspecified atom stereocenters. The number of nitrogens with one attached hydrogen (secondary N) is 1. The van der Waals surface area contributed by atoms with Crippen molar-refractivity contribution in [1.29, 1.82) is 0 Å². The van der Waals surface area contributed by atoms with Crippen LogP contribution >= 0.6 is 39.1 Å². The van der Waals surface area contributed by atoms with Crippen molar-refractivity contribution in [2.75, 3.05) is 0 Å². The van der Waals surface area contributed by atoms with Crippen molar-refractivity contribution >= 4 is 62.2 Å². The Hall–Kier alpha value is -2.60. The number of nitrogens with zero attached hydrogens (tertiary/aromatic N) is 2. The molecular weight excluding hydrogens is 509 g/mol. The third-order valence-corrected chi connectivity index (χ3v) is 6.53. The van der Waals surface area contributed by atoms with Crippen LogP contribution in [0, 0.1) is 6.92 Å². The number of hydrazone groups is 1. The van der Waals surface area contributed by atoms with Crippen molar-refractivity contribution < 1.29 is 4.79 Å². The molecule has 0 spiro atoms. The number of para-hydroxylation sites is 1. The normalized spacial score (nSPS) is 11.4. The summed E-state index contributed by atoms with van der Waals surface area (Å²) in [7, 11) is 0. The fourth-order valence-corrected chi connectivity index (χ4v) is 4.23. The molecule has 0 saturated carbocycles. The largest absolute Gasteiger partial charge is 0.340 e. The topological polar surface area (TPSA) is 46.4 Å². The summed E-state index contributed by atoms with van der Waals surface area (Å²) in [6, 6.07) is 21.4. The SMILES string of the molecule is Cc1c(/C=N/NC(=O)Cc2ccc(Br)cc2)c2ccccc2n1Cc1ccc(Cl)c(Cl)c1. The molecule has 0 atom stereocenters. The van der Waals surface area contributed by atoms with Crippen molar-refractivity contribution in [3.63, 3.8) is 0 Å². The van der Waals surface area contributed by atoms with Crippen LogP contribution in [0.25, 0.3) is 10.9 Å². The number of carbonyl (C=O) groups excluding carboxylic acids is 1. The van der Waals surface area contributed by atoms with Crippen LogP contribution in [0.3, 0.4) is 0 Å². The Morgan fingerprint density at radius 1 is 1.03 bits per heavy atom. The molecule has 3 aromatic carbocycles. The first kappa shape index (κ1) is 22.6. The zero-order valence-electron chi connectivity index (χ0n) is 17.3. The van der Waals surface area contributed by atoms with Gasteiger partial charge in [0.2, 0.25) is 5.91 Å². The molecule has 0 fully saturated rings. The van der Waals surface area contributed by atoms with E-state index in [4.69, 9.17) is 23.2 Å². The number of rotatable bonds is 6.